The molecule has 0 atom stereocenters. The van der Waals surface area contributed by atoms with E-state index in [-0.39, 0.29) is 12.5 Å². The molecular formula is C11H9Cl2N3O2. The molecule has 0 spiro atoms. The number of anilines is 1. The van der Waals surface area contributed by atoms with Crippen molar-refractivity contribution >= 4 is 34.9 Å². The Balaban J connectivity index is 1.87. The Morgan fingerprint density at radius 1 is 1.33 bits per heavy atom. The first kappa shape index (κ1) is 12.7. The van der Waals surface area contributed by atoms with Crippen molar-refractivity contribution in [1.82, 2.24) is 10.2 Å². The highest BCUT2D eigenvalue weighted by Crippen LogP contribution is 2.26. The highest BCUT2D eigenvalue weighted by Gasteiger charge is 2.05. The number of carbonyl (C=O) groups excluding carboxylic acids is 1. The number of ether oxygens (including phenoxy) is 1. The predicted octanol–water partition coefficient (Wildman–Crippen LogP) is 2.73. The number of amides is 1. The first-order chi connectivity index (χ1) is 8.65. The van der Waals surface area contributed by atoms with E-state index < -0.39 is 0 Å². The first-order valence-corrected chi connectivity index (χ1v) is 5.78. The van der Waals surface area contributed by atoms with Crippen LogP contribution < -0.4 is 10.1 Å². The smallest absolute Gasteiger partial charge is 0.263 e. The number of carbonyl (C=O) groups is 1. The van der Waals surface area contributed by atoms with Crippen LogP contribution in [0.2, 0.25) is 10.0 Å². The zero-order valence-corrected chi connectivity index (χ0v) is 10.6. The predicted molar refractivity (Wildman–Crippen MR) is 69.2 cm³/mol. The molecule has 0 saturated carbocycles. The van der Waals surface area contributed by atoms with Crippen molar-refractivity contribution in [2.75, 3.05) is 11.9 Å². The largest absolute Gasteiger partial charge is 0.484 e. The van der Waals surface area contributed by atoms with Gasteiger partial charge in [0.1, 0.15) is 11.6 Å². The number of rotatable bonds is 4. The molecule has 1 amide bonds. The quantitative estimate of drug-likeness (QED) is 0.908. The summed E-state index contributed by atoms with van der Waals surface area (Å²) in [6, 6.07) is 6.42. The highest BCUT2D eigenvalue weighted by atomic mass is 35.5. The van der Waals surface area contributed by atoms with Gasteiger partial charge < -0.3 is 10.1 Å². The van der Waals surface area contributed by atoms with Crippen molar-refractivity contribution in [1.29, 1.82) is 0 Å². The SMILES string of the molecule is O=C(COc1ccc(Cl)c(Cl)c1)Nc1ccn[nH]1. The fraction of sp³-hybridized carbons (Fsp3) is 0.0909. The molecule has 0 aliphatic rings. The van der Waals surface area contributed by atoms with Crippen LogP contribution in [0, 0.1) is 0 Å². The van der Waals surface area contributed by atoms with Crippen LogP contribution in [0.15, 0.2) is 30.5 Å². The summed E-state index contributed by atoms with van der Waals surface area (Å²) in [5.41, 5.74) is 0. The molecule has 7 heteroatoms. The maximum absolute atomic E-state index is 11.5. The molecular weight excluding hydrogens is 277 g/mol. The maximum atomic E-state index is 11.5. The molecule has 0 fully saturated rings. The zero-order valence-electron chi connectivity index (χ0n) is 9.11. The Labute approximate surface area is 113 Å². The van der Waals surface area contributed by atoms with Crippen LogP contribution >= 0.6 is 23.2 Å². The van der Waals surface area contributed by atoms with Gasteiger partial charge in [-0.1, -0.05) is 23.2 Å². The van der Waals surface area contributed by atoms with Gasteiger partial charge in [0.2, 0.25) is 0 Å². The van der Waals surface area contributed by atoms with Crippen molar-refractivity contribution in [2.24, 2.45) is 0 Å². The summed E-state index contributed by atoms with van der Waals surface area (Å²) in [6.07, 6.45) is 1.54. The number of benzene rings is 1. The lowest BCUT2D eigenvalue weighted by Crippen LogP contribution is -2.20. The van der Waals surface area contributed by atoms with Gasteiger partial charge in [-0.05, 0) is 12.1 Å². The van der Waals surface area contributed by atoms with Gasteiger partial charge in [0.05, 0.1) is 16.2 Å². The lowest BCUT2D eigenvalue weighted by atomic mass is 10.3. The average molecular weight is 286 g/mol. The molecule has 2 N–H and O–H groups in total. The van der Waals surface area contributed by atoms with E-state index in [0.717, 1.165) is 0 Å². The van der Waals surface area contributed by atoms with Gasteiger partial charge in [0.15, 0.2) is 6.61 Å². The molecule has 0 radical (unpaired) electrons. The van der Waals surface area contributed by atoms with Crippen LogP contribution in [0.4, 0.5) is 5.82 Å². The second kappa shape index (κ2) is 5.75. The summed E-state index contributed by atoms with van der Waals surface area (Å²) in [5.74, 6) is 0.687. The number of hydrogen-bond acceptors (Lipinski definition) is 3. The molecule has 1 aromatic carbocycles. The summed E-state index contributed by atoms with van der Waals surface area (Å²) in [5, 5.41) is 9.70. The van der Waals surface area contributed by atoms with Gasteiger partial charge in [-0.25, -0.2) is 0 Å². The molecule has 0 unspecified atom stereocenters. The van der Waals surface area contributed by atoms with Crippen LogP contribution in [0.5, 0.6) is 5.75 Å². The van der Waals surface area contributed by atoms with Crippen LogP contribution in [0.25, 0.3) is 0 Å². The van der Waals surface area contributed by atoms with Gasteiger partial charge in [-0.2, -0.15) is 5.10 Å². The van der Waals surface area contributed by atoms with Gasteiger partial charge in [-0.15, -0.1) is 0 Å². The van der Waals surface area contributed by atoms with Crippen LogP contribution in [0.3, 0.4) is 0 Å². The lowest BCUT2D eigenvalue weighted by Gasteiger charge is -2.06. The number of aromatic nitrogens is 2. The van der Waals surface area contributed by atoms with Crippen LogP contribution in [-0.2, 0) is 4.79 Å². The third-order valence-corrected chi connectivity index (χ3v) is 2.77. The third-order valence-electron chi connectivity index (χ3n) is 2.04. The van der Waals surface area contributed by atoms with Crippen molar-refractivity contribution in [3.05, 3.63) is 40.5 Å². The summed E-state index contributed by atoms with van der Waals surface area (Å²) >= 11 is 11.6. The Morgan fingerprint density at radius 3 is 2.83 bits per heavy atom. The molecule has 0 saturated heterocycles. The molecule has 5 nitrogen and oxygen atoms in total. The average Bonchev–Trinajstić information content (AvgIpc) is 2.83. The first-order valence-electron chi connectivity index (χ1n) is 5.02. The molecule has 0 bridgehead atoms. The molecule has 1 heterocycles. The van der Waals surface area contributed by atoms with E-state index in [1.165, 1.54) is 6.20 Å². The fourth-order valence-corrected chi connectivity index (χ4v) is 1.52. The van der Waals surface area contributed by atoms with E-state index in [2.05, 4.69) is 15.5 Å². The van der Waals surface area contributed by atoms with Crippen molar-refractivity contribution in [2.45, 2.75) is 0 Å². The van der Waals surface area contributed by atoms with E-state index in [9.17, 15) is 4.79 Å². The Morgan fingerprint density at radius 2 is 2.17 bits per heavy atom. The topological polar surface area (TPSA) is 67.0 Å². The van der Waals surface area contributed by atoms with Gasteiger partial charge >= 0.3 is 0 Å². The molecule has 18 heavy (non-hydrogen) atoms. The van der Waals surface area contributed by atoms with Crippen molar-refractivity contribution < 1.29 is 9.53 Å². The minimum Gasteiger partial charge on any atom is -0.484 e. The summed E-state index contributed by atoms with van der Waals surface area (Å²) < 4.78 is 5.26. The Kier molecular flexibility index (Phi) is 4.07. The fourth-order valence-electron chi connectivity index (χ4n) is 1.23. The normalized spacial score (nSPS) is 10.1. The second-order valence-electron chi connectivity index (χ2n) is 3.38. The summed E-state index contributed by atoms with van der Waals surface area (Å²) in [6.45, 7) is -0.128. The van der Waals surface area contributed by atoms with E-state index in [0.29, 0.717) is 21.6 Å². The minimum absolute atomic E-state index is 0.128. The highest BCUT2D eigenvalue weighted by molar-refractivity contribution is 6.42. The second-order valence-corrected chi connectivity index (χ2v) is 4.20. The van der Waals surface area contributed by atoms with Crippen LogP contribution in [0.1, 0.15) is 0 Å². The molecule has 94 valence electrons. The maximum Gasteiger partial charge on any atom is 0.263 e. The zero-order chi connectivity index (χ0) is 13.0. The van der Waals surface area contributed by atoms with Crippen molar-refractivity contribution in [3.8, 4) is 5.75 Å². The number of nitrogens with one attached hydrogen (secondary N) is 2. The monoisotopic (exact) mass is 285 g/mol. The van der Waals surface area contributed by atoms with E-state index in [4.69, 9.17) is 27.9 Å². The number of hydrogen-bond donors (Lipinski definition) is 2. The lowest BCUT2D eigenvalue weighted by molar-refractivity contribution is -0.118. The Hall–Kier alpha value is -1.72. The number of halogens is 2. The number of aromatic amines is 1. The molecule has 2 aromatic rings. The van der Waals surface area contributed by atoms with Gasteiger partial charge in [0, 0.05) is 12.1 Å². The number of nitrogens with zero attached hydrogens (tertiary/aromatic N) is 1. The third kappa shape index (κ3) is 3.38. The van der Waals surface area contributed by atoms with E-state index in [1.807, 2.05) is 0 Å². The van der Waals surface area contributed by atoms with E-state index >= 15 is 0 Å². The standard InChI is InChI=1S/C11H9Cl2N3O2/c12-8-2-1-7(5-9(8)13)18-6-11(17)15-10-3-4-14-16-10/h1-5H,6H2,(H2,14,15,16,17). The molecule has 1 aromatic heterocycles. The van der Waals surface area contributed by atoms with Gasteiger partial charge in [0.25, 0.3) is 5.91 Å². The minimum atomic E-state index is -0.301. The Bertz CT molecular complexity index is 543. The van der Waals surface area contributed by atoms with E-state index in [1.54, 1.807) is 24.3 Å². The molecule has 0 aliphatic carbocycles. The molecule has 2 rings (SSSR count). The molecule has 0 aliphatic heterocycles. The van der Waals surface area contributed by atoms with Gasteiger partial charge in [-0.3, -0.25) is 9.89 Å². The number of H-pyrrole nitrogens is 1. The van der Waals surface area contributed by atoms with Crippen LogP contribution in [-0.4, -0.2) is 22.7 Å². The summed E-state index contributed by atoms with van der Waals surface area (Å²) in [4.78, 5) is 11.5. The van der Waals surface area contributed by atoms with Crippen molar-refractivity contribution in [3.63, 3.8) is 0 Å². The summed E-state index contributed by atoms with van der Waals surface area (Å²) in [7, 11) is 0.